The number of esters is 1. The normalized spacial score (nSPS) is 18.0. The van der Waals surface area contributed by atoms with Gasteiger partial charge in [-0.15, -0.1) is 0 Å². The topological polar surface area (TPSA) is 48.0 Å². The molecule has 0 saturated carbocycles. The van der Waals surface area contributed by atoms with Crippen molar-refractivity contribution in [2.45, 2.75) is 50.3 Å². The van der Waals surface area contributed by atoms with Crippen LogP contribution in [0.25, 0.3) is 0 Å². The first kappa shape index (κ1) is 20.5. The predicted molar refractivity (Wildman–Crippen MR) is 107 cm³/mol. The molecule has 1 aromatic rings. The summed E-state index contributed by atoms with van der Waals surface area (Å²) in [7, 11) is 0. The maximum Gasteiger partial charge on any atom is 0.309 e. The van der Waals surface area contributed by atoms with Gasteiger partial charge in [-0.3, -0.25) is 4.79 Å². The molecule has 150 valence electrons. The van der Waals surface area contributed by atoms with Gasteiger partial charge in [0, 0.05) is 12.0 Å². The van der Waals surface area contributed by atoms with Crippen molar-refractivity contribution in [2.75, 3.05) is 39.5 Å². The number of likely N-dealkylation sites (tertiary alicyclic amines) is 1. The quantitative estimate of drug-likeness (QED) is 0.358. The van der Waals surface area contributed by atoms with E-state index in [1.54, 1.807) is 0 Å². The molecule has 0 spiro atoms. The van der Waals surface area contributed by atoms with Crippen LogP contribution >= 0.6 is 12.0 Å². The Morgan fingerprint density at radius 1 is 1.30 bits per heavy atom. The maximum atomic E-state index is 11.8. The molecular weight excluding hydrogens is 362 g/mol. The molecule has 2 heterocycles. The zero-order chi connectivity index (χ0) is 18.9. The van der Waals surface area contributed by atoms with Crippen LogP contribution in [0.1, 0.15) is 44.6 Å². The summed E-state index contributed by atoms with van der Waals surface area (Å²) in [5.74, 6) is 1.09. The minimum absolute atomic E-state index is 0.0188. The van der Waals surface area contributed by atoms with Gasteiger partial charge >= 0.3 is 5.97 Å². The van der Waals surface area contributed by atoms with Gasteiger partial charge in [0.2, 0.25) is 0 Å². The fraction of sp³-hybridized carbons (Fsp3) is 0.667. The van der Waals surface area contributed by atoms with E-state index in [4.69, 9.17) is 13.7 Å². The van der Waals surface area contributed by atoms with Crippen molar-refractivity contribution in [1.29, 1.82) is 0 Å². The van der Waals surface area contributed by atoms with Gasteiger partial charge in [-0.1, -0.05) is 12.1 Å². The number of benzene rings is 1. The number of nitrogens with zero attached hydrogens (tertiary/aromatic N) is 1. The average molecular weight is 394 g/mol. The highest BCUT2D eigenvalue weighted by Crippen LogP contribution is 2.36. The number of carbonyl (C=O) groups excluding carboxylic acids is 1. The lowest BCUT2D eigenvalue weighted by atomic mass is 9.97. The number of hydrogen-bond acceptors (Lipinski definition) is 6. The zero-order valence-electron chi connectivity index (χ0n) is 16.3. The van der Waals surface area contributed by atoms with Gasteiger partial charge in [-0.2, -0.15) is 0 Å². The summed E-state index contributed by atoms with van der Waals surface area (Å²) in [5.41, 5.74) is 1.29. The maximum absolute atomic E-state index is 11.8. The molecule has 0 aromatic heterocycles. The Hall–Kier alpha value is -1.24. The van der Waals surface area contributed by atoms with Crippen LogP contribution in [-0.4, -0.2) is 50.3 Å². The Kier molecular flexibility index (Phi) is 8.30. The minimum atomic E-state index is -0.0188. The summed E-state index contributed by atoms with van der Waals surface area (Å²) in [6.07, 6.45) is 6.19. The summed E-state index contributed by atoms with van der Waals surface area (Å²) >= 11 is 1.44. The fourth-order valence-electron chi connectivity index (χ4n) is 3.68. The number of hydrogen-bond donors (Lipinski definition) is 0. The van der Waals surface area contributed by atoms with Crippen LogP contribution in [0.3, 0.4) is 0 Å². The van der Waals surface area contributed by atoms with Crippen molar-refractivity contribution in [3.63, 3.8) is 0 Å². The summed E-state index contributed by atoms with van der Waals surface area (Å²) in [4.78, 5) is 15.3. The highest BCUT2D eigenvalue weighted by molar-refractivity contribution is 7.94. The lowest BCUT2D eigenvalue weighted by Crippen LogP contribution is -2.37. The van der Waals surface area contributed by atoms with E-state index in [1.165, 1.54) is 17.6 Å². The molecule has 5 nitrogen and oxygen atoms in total. The number of aryl methyl sites for hydroxylation is 1. The van der Waals surface area contributed by atoms with Crippen LogP contribution in [0.4, 0.5) is 0 Å². The number of unbranched alkanes of at least 4 members (excludes halogenated alkanes) is 1. The smallest absolute Gasteiger partial charge is 0.309 e. The molecule has 1 fully saturated rings. The fourth-order valence-corrected chi connectivity index (χ4v) is 4.41. The van der Waals surface area contributed by atoms with Crippen LogP contribution in [0.2, 0.25) is 0 Å². The number of piperidine rings is 1. The molecular formula is C21H31NO4S. The van der Waals surface area contributed by atoms with Gasteiger partial charge < -0.3 is 18.6 Å². The highest BCUT2D eigenvalue weighted by Gasteiger charge is 2.25. The molecule has 0 aliphatic carbocycles. The van der Waals surface area contributed by atoms with Gasteiger partial charge in [0.15, 0.2) is 0 Å². The first-order valence-corrected chi connectivity index (χ1v) is 10.9. The zero-order valence-corrected chi connectivity index (χ0v) is 17.1. The van der Waals surface area contributed by atoms with Gasteiger partial charge in [0.05, 0.1) is 30.6 Å². The van der Waals surface area contributed by atoms with Gasteiger partial charge in [-0.05, 0) is 76.7 Å². The molecule has 0 bridgehead atoms. The molecule has 0 radical (unpaired) electrons. The van der Waals surface area contributed by atoms with E-state index in [2.05, 4.69) is 23.1 Å². The standard InChI is InChI=1S/C21H31NO4S/c1-2-24-21(23)18-10-13-22(14-11-18)12-3-4-16-26-27-19-9-5-7-17-8-6-15-25-20(17)19/h5,7,9,18H,2-4,6,8,10-16H2,1H3. The van der Waals surface area contributed by atoms with E-state index in [0.29, 0.717) is 6.61 Å². The molecule has 2 aliphatic rings. The van der Waals surface area contributed by atoms with Crippen molar-refractivity contribution in [1.82, 2.24) is 4.90 Å². The molecule has 0 atom stereocenters. The first-order valence-electron chi connectivity index (χ1n) is 10.2. The van der Waals surface area contributed by atoms with E-state index in [0.717, 1.165) is 82.0 Å². The third-order valence-corrected chi connectivity index (χ3v) is 5.99. The van der Waals surface area contributed by atoms with E-state index < -0.39 is 0 Å². The molecule has 0 N–H and O–H groups in total. The first-order chi connectivity index (χ1) is 13.3. The third-order valence-electron chi connectivity index (χ3n) is 5.21. The summed E-state index contributed by atoms with van der Waals surface area (Å²) in [6, 6.07) is 6.30. The molecule has 6 heteroatoms. The number of carbonyl (C=O) groups is 1. The van der Waals surface area contributed by atoms with Gasteiger partial charge in [-0.25, -0.2) is 0 Å². The Balaban J connectivity index is 1.27. The minimum Gasteiger partial charge on any atom is -0.492 e. The monoisotopic (exact) mass is 393 g/mol. The van der Waals surface area contributed by atoms with Crippen molar-refractivity contribution < 1.29 is 18.5 Å². The van der Waals surface area contributed by atoms with Crippen LogP contribution in [0.15, 0.2) is 23.1 Å². The van der Waals surface area contributed by atoms with Crippen molar-refractivity contribution in [2.24, 2.45) is 5.92 Å². The Labute approximate surface area is 166 Å². The molecule has 1 aromatic carbocycles. The highest BCUT2D eigenvalue weighted by atomic mass is 32.2. The van der Waals surface area contributed by atoms with Crippen molar-refractivity contribution >= 4 is 18.0 Å². The average Bonchev–Trinajstić information content (AvgIpc) is 2.71. The van der Waals surface area contributed by atoms with Crippen LogP contribution in [-0.2, 0) is 20.1 Å². The Morgan fingerprint density at radius 2 is 2.15 bits per heavy atom. The van der Waals surface area contributed by atoms with E-state index >= 15 is 0 Å². The molecule has 2 aliphatic heterocycles. The number of fused-ring (bicyclic) bond motifs is 1. The van der Waals surface area contributed by atoms with Gasteiger partial charge in [0.1, 0.15) is 5.75 Å². The molecule has 0 unspecified atom stereocenters. The summed E-state index contributed by atoms with van der Waals surface area (Å²) < 4.78 is 16.7. The summed E-state index contributed by atoms with van der Waals surface area (Å²) in [5, 5.41) is 0. The second kappa shape index (κ2) is 10.9. The van der Waals surface area contributed by atoms with Crippen LogP contribution in [0.5, 0.6) is 5.75 Å². The Morgan fingerprint density at radius 3 is 2.96 bits per heavy atom. The van der Waals surface area contributed by atoms with Gasteiger partial charge in [0.25, 0.3) is 0 Å². The Bertz CT molecular complexity index is 602. The van der Waals surface area contributed by atoms with E-state index in [9.17, 15) is 4.79 Å². The second-order valence-electron chi connectivity index (χ2n) is 7.18. The molecule has 27 heavy (non-hydrogen) atoms. The lowest BCUT2D eigenvalue weighted by molar-refractivity contribution is -0.149. The molecule has 3 rings (SSSR count). The third kappa shape index (κ3) is 6.13. The largest absolute Gasteiger partial charge is 0.492 e. The number of para-hydroxylation sites is 1. The van der Waals surface area contributed by atoms with E-state index in [-0.39, 0.29) is 11.9 Å². The number of ether oxygens (including phenoxy) is 2. The summed E-state index contributed by atoms with van der Waals surface area (Å²) in [6.45, 7) is 6.96. The SMILES string of the molecule is CCOC(=O)C1CCN(CCCCOSc2cccc3c2OCCC3)CC1. The van der Waals surface area contributed by atoms with Crippen molar-refractivity contribution in [3.05, 3.63) is 23.8 Å². The van der Waals surface area contributed by atoms with Crippen LogP contribution in [0, 0.1) is 5.92 Å². The van der Waals surface area contributed by atoms with Crippen LogP contribution < -0.4 is 4.74 Å². The predicted octanol–water partition coefficient (Wildman–Crippen LogP) is 4.09. The van der Waals surface area contributed by atoms with E-state index in [1.807, 2.05) is 6.92 Å². The van der Waals surface area contributed by atoms with Crippen molar-refractivity contribution in [3.8, 4) is 5.75 Å². The lowest BCUT2D eigenvalue weighted by Gasteiger charge is -2.30. The second-order valence-corrected chi connectivity index (χ2v) is 8.02. The molecule has 1 saturated heterocycles. The number of rotatable bonds is 9. The molecule has 0 amide bonds.